The van der Waals surface area contributed by atoms with Crippen LogP contribution >= 0.6 is 23.2 Å². The van der Waals surface area contributed by atoms with Crippen molar-refractivity contribution in [2.24, 2.45) is 0 Å². The average molecular weight is 402 g/mol. The van der Waals surface area contributed by atoms with Gasteiger partial charge in [0, 0.05) is 16.1 Å². The Morgan fingerprint density at radius 3 is 2.46 bits per heavy atom. The van der Waals surface area contributed by atoms with E-state index in [-0.39, 0.29) is 16.8 Å². The molecule has 0 atom stereocenters. The number of rotatable bonds is 2. The first kappa shape index (κ1) is 18.3. The van der Waals surface area contributed by atoms with Crippen molar-refractivity contribution in [1.82, 2.24) is 0 Å². The van der Waals surface area contributed by atoms with Gasteiger partial charge >= 0.3 is 11.8 Å². The summed E-state index contributed by atoms with van der Waals surface area (Å²) in [6.07, 6.45) is -4.68. The summed E-state index contributed by atoms with van der Waals surface area (Å²) < 4.78 is 43.7. The van der Waals surface area contributed by atoms with E-state index in [0.717, 1.165) is 6.07 Å². The topological polar surface area (TPSA) is 59.3 Å². The van der Waals surface area contributed by atoms with Gasteiger partial charge in [-0.15, -0.1) is 0 Å². The highest BCUT2D eigenvalue weighted by Crippen LogP contribution is 2.36. The maximum absolute atomic E-state index is 12.9. The van der Waals surface area contributed by atoms with E-state index in [1.165, 1.54) is 30.3 Å². The molecule has 1 heterocycles. The third-order valence-electron chi connectivity index (χ3n) is 3.47. The predicted octanol–water partition coefficient (Wildman–Crippen LogP) is 5.37. The molecule has 4 nitrogen and oxygen atoms in total. The molecule has 0 saturated heterocycles. The Morgan fingerprint density at radius 1 is 1.04 bits per heavy atom. The van der Waals surface area contributed by atoms with E-state index >= 15 is 0 Å². The van der Waals surface area contributed by atoms with Crippen LogP contribution in [0.25, 0.3) is 11.0 Å². The van der Waals surface area contributed by atoms with Crippen LogP contribution in [0.4, 0.5) is 18.9 Å². The number of hydrogen-bond donors (Lipinski definition) is 1. The highest BCUT2D eigenvalue weighted by Gasteiger charge is 2.33. The third-order valence-corrected chi connectivity index (χ3v) is 4.03. The van der Waals surface area contributed by atoms with Gasteiger partial charge in [0.2, 0.25) is 0 Å². The predicted molar refractivity (Wildman–Crippen MR) is 91.9 cm³/mol. The van der Waals surface area contributed by atoms with E-state index in [0.29, 0.717) is 16.5 Å². The van der Waals surface area contributed by atoms with Crippen molar-refractivity contribution in [2.75, 3.05) is 5.32 Å². The Labute approximate surface area is 154 Å². The van der Waals surface area contributed by atoms with E-state index in [2.05, 4.69) is 5.32 Å². The minimum Gasteiger partial charge on any atom is -0.422 e. The Hall–Kier alpha value is -2.51. The molecule has 26 heavy (non-hydrogen) atoms. The zero-order valence-electron chi connectivity index (χ0n) is 12.7. The molecule has 0 aliphatic carbocycles. The second-order valence-electron chi connectivity index (χ2n) is 5.28. The number of fused-ring (bicyclic) bond motifs is 1. The van der Waals surface area contributed by atoms with Crippen molar-refractivity contribution in [2.45, 2.75) is 6.18 Å². The molecule has 1 aromatic heterocycles. The molecule has 0 spiro atoms. The normalized spacial score (nSPS) is 11.6. The molecule has 0 aliphatic heterocycles. The quantitative estimate of drug-likeness (QED) is 0.587. The number of carbonyl (C=O) groups is 1. The number of amides is 1. The highest BCUT2D eigenvalue weighted by atomic mass is 35.5. The SMILES string of the molecule is O=C(Nc1ccc(Cl)c(C(F)(F)F)c1)c1cc2cc(Cl)ccc2oc1=O. The van der Waals surface area contributed by atoms with Gasteiger partial charge in [0.1, 0.15) is 11.1 Å². The second kappa shape index (κ2) is 6.66. The molecule has 0 radical (unpaired) electrons. The Morgan fingerprint density at radius 2 is 1.77 bits per heavy atom. The van der Waals surface area contributed by atoms with Crippen molar-refractivity contribution in [3.05, 3.63) is 74.1 Å². The maximum atomic E-state index is 12.9. The minimum atomic E-state index is -4.68. The zero-order chi connectivity index (χ0) is 19.1. The van der Waals surface area contributed by atoms with Gasteiger partial charge in [-0.05, 0) is 42.5 Å². The van der Waals surface area contributed by atoms with Gasteiger partial charge in [-0.1, -0.05) is 23.2 Å². The van der Waals surface area contributed by atoms with Crippen LogP contribution in [0.1, 0.15) is 15.9 Å². The van der Waals surface area contributed by atoms with Crippen LogP contribution in [0, 0.1) is 0 Å². The molecule has 1 amide bonds. The molecule has 3 rings (SSSR count). The summed E-state index contributed by atoms with van der Waals surface area (Å²) in [6.45, 7) is 0. The number of alkyl halides is 3. The van der Waals surface area contributed by atoms with Gasteiger partial charge in [0.25, 0.3) is 5.91 Å². The van der Waals surface area contributed by atoms with Crippen LogP contribution in [0.15, 0.2) is 51.7 Å². The molecule has 2 aromatic carbocycles. The average Bonchev–Trinajstić information content (AvgIpc) is 2.55. The first-order valence-electron chi connectivity index (χ1n) is 7.06. The standard InChI is InChI=1S/C17H8Cl2F3NO3/c18-9-1-4-14-8(5-9)6-11(16(25)26-14)15(24)23-10-2-3-13(19)12(7-10)17(20,21)22/h1-7H,(H,23,24). The van der Waals surface area contributed by atoms with E-state index in [1.807, 2.05) is 0 Å². The van der Waals surface area contributed by atoms with Crippen LogP contribution in [0.5, 0.6) is 0 Å². The van der Waals surface area contributed by atoms with Gasteiger partial charge in [-0.2, -0.15) is 13.2 Å². The molecule has 9 heteroatoms. The second-order valence-corrected chi connectivity index (χ2v) is 6.12. The molecule has 0 saturated carbocycles. The molecule has 0 aliphatic rings. The lowest BCUT2D eigenvalue weighted by Crippen LogP contribution is -2.21. The van der Waals surface area contributed by atoms with Crippen molar-refractivity contribution in [3.63, 3.8) is 0 Å². The van der Waals surface area contributed by atoms with Crippen molar-refractivity contribution >= 4 is 45.8 Å². The van der Waals surface area contributed by atoms with Crippen LogP contribution in [-0.4, -0.2) is 5.91 Å². The lowest BCUT2D eigenvalue weighted by Gasteiger charge is -2.11. The molecular formula is C17H8Cl2F3NO3. The molecule has 1 N–H and O–H groups in total. The van der Waals surface area contributed by atoms with Crippen molar-refractivity contribution in [1.29, 1.82) is 0 Å². The molecular weight excluding hydrogens is 394 g/mol. The fourth-order valence-electron chi connectivity index (χ4n) is 2.27. The van der Waals surface area contributed by atoms with Crippen molar-refractivity contribution in [3.8, 4) is 0 Å². The minimum absolute atomic E-state index is 0.169. The van der Waals surface area contributed by atoms with E-state index in [1.54, 1.807) is 0 Å². The van der Waals surface area contributed by atoms with Gasteiger partial charge in [0.15, 0.2) is 0 Å². The molecule has 134 valence electrons. The van der Waals surface area contributed by atoms with Gasteiger partial charge in [-0.3, -0.25) is 4.79 Å². The fraction of sp³-hybridized carbons (Fsp3) is 0.0588. The van der Waals surface area contributed by atoms with E-state index in [9.17, 15) is 22.8 Å². The molecule has 3 aromatic rings. The monoisotopic (exact) mass is 401 g/mol. The summed E-state index contributed by atoms with van der Waals surface area (Å²) in [5, 5.41) is 2.49. The Balaban J connectivity index is 1.97. The van der Waals surface area contributed by atoms with E-state index < -0.39 is 28.3 Å². The Bertz CT molecular complexity index is 1080. The number of benzene rings is 2. The van der Waals surface area contributed by atoms with Crippen LogP contribution < -0.4 is 10.9 Å². The first-order valence-corrected chi connectivity index (χ1v) is 7.82. The third kappa shape index (κ3) is 3.68. The lowest BCUT2D eigenvalue weighted by molar-refractivity contribution is -0.137. The van der Waals surface area contributed by atoms with Gasteiger partial charge in [0.05, 0.1) is 10.6 Å². The fourth-order valence-corrected chi connectivity index (χ4v) is 2.68. The highest BCUT2D eigenvalue weighted by molar-refractivity contribution is 6.31. The lowest BCUT2D eigenvalue weighted by atomic mass is 10.1. The zero-order valence-corrected chi connectivity index (χ0v) is 14.2. The summed E-state index contributed by atoms with van der Waals surface area (Å²) in [6, 6.07) is 8.59. The molecule has 0 bridgehead atoms. The summed E-state index contributed by atoms with van der Waals surface area (Å²) in [4.78, 5) is 24.3. The number of nitrogens with one attached hydrogen (secondary N) is 1. The Kier molecular flexibility index (Phi) is 4.68. The smallest absolute Gasteiger partial charge is 0.417 e. The number of hydrogen-bond acceptors (Lipinski definition) is 3. The largest absolute Gasteiger partial charge is 0.422 e. The molecule has 0 fully saturated rings. The summed E-state index contributed by atoms with van der Waals surface area (Å²) in [7, 11) is 0. The van der Waals surface area contributed by atoms with Gasteiger partial charge < -0.3 is 9.73 Å². The molecule has 0 unspecified atom stereocenters. The van der Waals surface area contributed by atoms with Crippen LogP contribution in [0.3, 0.4) is 0 Å². The van der Waals surface area contributed by atoms with Crippen LogP contribution in [-0.2, 0) is 6.18 Å². The first-order chi connectivity index (χ1) is 12.1. The number of halogens is 5. The summed E-state index contributed by atoms with van der Waals surface area (Å²) in [5.74, 6) is -0.920. The summed E-state index contributed by atoms with van der Waals surface area (Å²) in [5.41, 5.74) is -2.35. The maximum Gasteiger partial charge on any atom is 0.417 e. The van der Waals surface area contributed by atoms with E-state index in [4.69, 9.17) is 27.6 Å². The van der Waals surface area contributed by atoms with Crippen molar-refractivity contribution < 1.29 is 22.4 Å². The number of carbonyl (C=O) groups excluding carboxylic acids is 1. The van der Waals surface area contributed by atoms with Crippen LogP contribution in [0.2, 0.25) is 10.0 Å². The van der Waals surface area contributed by atoms with Gasteiger partial charge in [-0.25, -0.2) is 4.79 Å². The number of anilines is 1. The summed E-state index contributed by atoms with van der Waals surface area (Å²) >= 11 is 11.4.